The molecule has 0 aliphatic heterocycles. The molecule has 72 valence electrons. The molecule has 1 saturated carbocycles. The van der Waals surface area contributed by atoms with E-state index in [4.69, 9.17) is 10.3 Å². The fourth-order valence-electron chi connectivity index (χ4n) is 2.14. The van der Waals surface area contributed by atoms with Crippen LogP contribution in [0.4, 0.5) is 0 Å². The SMILES string of the molecule is NC(c1cnoc1)C1CCCCC1. The Balaban J connectivity index is 1.99. The van der Waals surface area contributed by atoms with Crippen LogP contribution < -0.4 is 5.73 Å². The average molecular weight is 180 g/mol. The van der Waals surface area contributed by atoms with Gasteiger partial charge in [0.25, 0.3) is 0 Å². The summed E-state index contributed by atoms with van der Waals surface area (Å²) in [6.45, 7) is 0. The van der Waals surface area contributed by atoms with Gasteiger partial charge in [-0.15, -0.1) is 0 Å². The van der Waals surface area contributed by atoms with Crippen molar-refractivity contribution < 1.29 is 4.52 Å². The minimum Gasteiger partial charge on any atom is -0.364 e. The molecule has 1 unspecified atom stereocenters. The number of rotatable bonds is 2. The van der Waals surface area contributed by atoms with Crippen molar-refractivity contribution in [2.24, 2.45) is 11.7 Å². The molecule has 1 heterocycles. The molecule has 0 aromatic carbocycles. The molecule has 0 amide bonds. The van der Waals surface area contributed by atoms with Crippen molar-refractivity contribution in [2.75, 3.05) is 0 Å². The van der Waals surface area contributed by atoms with Gasteiger partial charge in [-0.2, -0.15) is 0 Å². The molecule has 2 rings (SSSR count). The highest BCUT2D eigenvalue weighted by molar-refractivity contribution is 5.08. The van der Waals surface area contributed by atoms with Crippen LogP contribution in [0.5, 0.6) is 0 Å². The third-order valence-corrected chi connectivity index (χ3v) is 2.99. The van der Waals surface area contributed by atoms with Gasteiger partial charge in [0, 0.05) is 11.6 Å². The maximum atomic E-state index is 6.11. The van der Waals surface area contributed by atoms with Gasteiger partial charge in [0.05, 0.1) is 6.20 Å². The molecule has 1 aliphatic rings. The monoisotopic (exact) mass is 180 g/mol. The summed E-state index contributed by atoms with van der Waals surface area (Å²) >= 11 is 0. The molecule has 0 spiro atoms. The lowest BCUT2D eigenvalue weighted by atomic mass is 9.82. The first-order valence-corrected chi connectivity index (χ1v) is 5.03. The molecule has 1 aromatic heterocycles. The minimum atomic E-state index is 0.131. The molecular weight excluding hydrogens is 164 g/mol. The molecule has 1 fully saturated rings. The molecule has 3 nitrogen and oxygen atoms in total. The van der Waals surface area contributed by atoms with Crippen molar-refractivity contribution in [3.63, 3.8) is 0 Å². The number of aromatic nitrogens is 1. The van der Waals surface area contributed by atoms with Gasteiger partial charge in [0.15, 0.2) is 0 Å². The Morgan fingerprint density at radius 1 is 1.38 bits per heavy atom. The normalized spacial score (nSPS) is 21.6. The highest BCUT2D eigenvalue weighted by atomic mass is 16.5. The molecule has 1 aromatic rings. The van der Waals surface area contributed by atoms with Crippen molar-refractivity contribution in [3.05, 3.63) is 18.0 Å². The number of nitrogens with zero attached hydrogens (tertiary/aromatic N) is 1. The van der Waals surface area contributed by atoms with E-state index in [-0.39, 0.29) is 6.04 Å². The average Bonchev–Trinajstić information content (AvgIpc) is 2.71. The number of nitrogens with two attached hydrogens (primary N) is 1. The van der Waals surface area contributed by atoms with Gasteiger partial charge in [-0.1, -0.05) is 24.4 Å². The van der Waals surface area contributed by atoms with Crippen LogP contribution in [0, 0.1) is 5.92 Å². The van der Waals surface area contributed by atoms with Gasteiger partial charge >= 0.3 is 0 Å². The van der Waals surface area contributed by atoms with Crippen molar-refractivity contribution in [3.8, 4) is 0 Å². The summed E-state index contributed by atoms with van der Waals surface area (Å²) in [4.78, 5) is 0. The summed E-state index contributed by atoms with van der Waals surface area (Å²) in [6.07, 6.45) is 9.93. The highest BCUT2D eigenvalue weighted by Crippen LogP contribution is 2.32. The van der Waals surface area contributed by atoms with Crippen LogP contribution in [-0.4, -0.2) is 5.16 Å². The fourth-order valence-corrected chi connectivity index (χ4v) is 2.14. The summed E-state index contributed by atoms with van der Waals surface area (Å²) in [5, 5.41) is 3.68. The topological polar surface area (TPSA) is 52.0 Å². The van der Waals surface area contributed by atoms with E-state index in [1.807, 2.05) is 0 Å². The predicted molar refractivity (Wildman–Crippen MR) is 50.0 cm³/mol. The summed E-state index contributed by atoms with van der Waals surface area (Å²) in [5.41, 5.74) is 7.16. The van der Waals surface area contributed by atoms with Crippen LogP contribution >= 0.6 is 0 Å². The molecule has 1 aliphatic carbocycles. The first-order valence-electron chi connectivity index (χ1n) is 5.03. The molecular formula is C10H16N2O. The first-order chi connectivity index (χ1) is 6.38. The summed E-state index contributed by atoms with van der Waals surface area (Å²) in [7, 11) is 0. The van der Waals surface area contributed by atoms with Gasteiger partial charge in [-0.3, -0.25) is 0 Å². The third kappa shape index (κ3) is 1.91. The van der Waals surface area contributed by atoms with E-state index in [0.29, 0.717) is 5.92 Å². The van der Waals surface area contributed by atoms with Crippen molar-refractivity contribution in [1.82, 2.24) is 5.16 Å². The Hall–Kier alpha value is -0.830. The zero-order valence-corrected chi connectivity index (χ0v) is 7.78. The highest BCUT2D eigenvalue weighted by Gasteiger charge is 2.22. The van der Waals surface area contributed by atoms with Crippen LogP contribution in [-0.2, 0) is 0 Å². The predicted octanol–water partition coefficient (Wildman–Crippen LogP) is 2.25. The van der Waals surface area contributed by atoms with Crippen molar-refractivity contribution in [1.29, 1.82) is 0 Å². The summed E-state index contributed by atoms with van der Waals surface area (Å²) < 4.78 is 4.80. The lowest BCUT2D eigenvalue weighted by molar-refractivity contribution is 0.307. The Bertz CT molecular complexity index is 239. The van der Waals surface area contributed by atoms with Crippen LogP contribution in [0.3, 0.4) is 0 Å². The van der Waals surface area contributed by atoms with E-state index in [9.17, 15) is 0 Å². The van der Waals surface area contributed by atoms with Crippen LogP contribution in [0.2, 0.25) is 0 Å². The molecule has 2 N–H and O–H groups in total. The lowest BCUT2D eigenvalue weighted by Crippen LogP contribution is -2.22. The van der Waals surface area contributed by atoms with Gasteiger partial charge in [-0.25, -0.2) is 0 Å². The smallest absolute Gasteiger partial charge is 0.128 e. The molecule has 0 bridgehead atoms. The Morgan fingerprint density at radius 3 is 2.77 bits per heavy atom. The molecule has 13 heavy (non-hydrogen) atoms. The van der Waals surface area contributed by atoms with Crippen LogP contribution in [0.15, 0.2) is 17.0 Å². The minimum absolute atomic E-state index is 0.131. The molecule has 0 saturated heterocycles. The van der Waals surface area contributed by atoms with Gasteiger partial charge in [-0.05, 0) is 18.8 Å². The first kappa shape index (κ1) is 8.75. The second-order valence-corrected chi connectivity index (χ2v) is 3.88. The summed E-state index contributed by atoms with van der Waals surface area (Å²) in [6, 6.07) is 0.131. The van der Waals surface area contributed by atoms with Crippen molar-refractivity contribution >= 4 is 0 Å². The zero-order valence-electron chi connectivity index (χ0n) is 7.78. The second kappa shape index (κ2) is 3.92. The standard InChI is InChI=1S/C10H16N2O/c11-10(9-6-12-13-7-9)8-4-2-1-3-5-8/h6-8,10H,1-5,11H2. The fraction of sp³-hybridized carbons (Fsp3) is 0.700. The van der Waals surface area contributed by atoms with Gasteiger partial charge in [0.1, 0.15) is 6.26 Å². The van der Waals surface area contributed by atoms with Crippen LogP contribution in [0.25, 0.3) is 0 Å². The van der Waals surface area contributed by atoms with E-state index >= 15 is 0 Å². The molecule has 3 heteroatoms. The van der Waals surface area contributed by atoms with E-state index in [0.717, 1.165) is 5.56 Å². The van der Waals surface area contributed by atoms with Crippen molar-refractivity contribution in [2.45, 2.75) is 38.1 Å². The number of hydrogen-bond acceptors (Lipinski definition) is 3. The van der Waals surface area contributed by atoms with Crippen LogP contribution in [0.1, 0.15) is 43.7 Å². The largest absolute Gasteiger partial charge is 0.364 e. The maximum Gasteiger partial charge on any atom is 0.128 e. The Labute approximate surface area is 78.3 Å². The quantitative estimate of drug-likeness (QED) is 0.759. The lowest BCUT2D eigenvalue weighted by Gasteiger charge is -2.26. The van der Waals surface area contributed by atoms with E-state index < -0.39 is 0 Å². The zero-order chi connectivity index (χ0) is 9.10. The van der Waals surface area contributed by atoms with E-state index in [1.54, 1.807) is 12.5 Å². The van der Waals surface area contributed by atoms with E-state index in [2.05, 4.69) is 5.16 Å². The molecule has 1 atom stereocenters. The second-order valence-electron chi connectivity index (χ2n) is 3.88. The Kier molecular flexibility index (Phi) is 2.64. The summed E-state index contributed by atoms with van der Waals surface area (Å²) in [5.74, 6) is 0.633. The molecule has 0 radical (unpaired) electrons. The van der Waals surface area contributed by atoms with Gasteiger partial charge < -0.3 is 10.3 Å². The third-order valence-electron chi connectivity index (χ3n) is 2.99. The Morgan fingerprint density at radius 2 is 2.15 bits per heavy atom. The van der Waals surface area contributed by atoms with E-state index in [1.165, 1.54) is 32.1 Å². The maximum absolute atomic E-state index is 6.11. The van der Waals surface area contributed by atoms with Gasteiger partial charge in [0.2, 0.25) is 0 Å². The number of hydrogen-bond donors (Lipinski definition) is 1.